The van der Waals surface area contributed by atoms with Crippen molar-refractivity contribution in [2.75, 3.05) is 24.6 Å². The average Bonchev–Trinajstić information content (AvgIpc) is 3.64. The van der Waals surface area contributed by atoms with Crippen LogP contribution >= 0.6 is 15.9 Å². The molecule has 11 heteroatoms. The quantitative estimate of drug-likeness (QED) is 0.371. The highest BCUT2D eigenvalue weighted by molar-refractivity contribution is 9.11. The maximum atomic E-state index is 15.0. The average molecular weight is 693 g/mol. The van der Waals surface area contributed by atoms with Gasteiger partial charge in [-0.05, 0) is 50.0 Å². The van der Waals surface area contributed by atoms with E-state index in [1.54, 1.807) is 17.9 Å². The summed E-state index contributed by atoms with van der Waals surface area (Å²) in [6, 6.07) is 13.0. The Hall–Kier alpha value is -3.80. The number of benzene rings is 2. The van der Waals surface area contributed by atoms with E-state index in [1.807, 2.05) is 74.5 Å². The van der Waals surface area contributed by atoms with Crippen LogP contribution in [0.2, 0.25) is 0 Å². The van der Waals surface area contributed by atoms with Gasteiger partial charge in [0.1, 0.15) is 29.8 Å². The van der Waals surface area contributed by atoms with Gasteiger partial charge in [-0.15, -0.1) is 0 Å². The van der Waals surface area contributed by atoms with Gasteiger partial charge in [-0.2, -0.15) is 0 Å². The second-order valence-electron chi connectivity index (χ2n) is 12.4. The Balaban J connectivity index is 1.49. The molecule has 4 aliphatic rings. The summed E-state index contributed by atoms with van der Waals surface area (Å²) >= 11 is 3.58. The summed E-state index contributed by atoms with van der Waals surface area (Å²) in [6.45, 7) is 5.36. The number of hydrogen-bond donors (Lipinski definition) is 2. The van der Waals surface area contributed by atoms with Crippen molar-refractivity contribution in [3.63, 3.8) is 0 Å². The molecule has 46 heavy (non-hydrogen) atoms. The van der Waals surface area contributed by atoms with Crippen LogP contribution in [0.1, 0.15) is 42.6 Å². The third-order valence-corrected chi connectivity index (χ3v) is 10.2. The van der Waals surface area contributed by atoms with Gasteiger partial charge in [0.15, 0.2) is 0 Å². The standard InChI is InChI=1S/C35H38BrN3O7/c1-20-11-10-12-21(2)29(20)38-16-9-5-8-15-26(41)37-18-25(23-13-6-4-7-14-23)45-34(44)27-28-32(42)39(22(3)19-40)31(33(38)43)35(28)17-24(36)30(27)46-35/h4-7,9-14,17,22,25,27-28,30-31,40H,8,15-16,18-19H2,1-3H3,(H,37,41)/b9-5-/t22-,25+,27+,28-,30+,31+,35-/m1/s1. The van der Waals surface area contributed by atoms with E-state index in [-0.39, 0.29) is 32.0 Å². The number of fused-ring (bicyclic) bond motifs is 2. The number of halogens is 1. The van der Waals surface area contributed by atoms with Gasteiger partial charge < -0.3 is 29.7 Å². The number of nitrogens with zero attached hydrogens (tertiary/aromatic N) is 2. The van der Waals surface area contributed by atoms with E-state index >= 15 is 0 Å². The Bertz CT molecular complexity index is 1590. The van der Waals surface area contributed by atoms with E-state index in [2.05, 4.69) is 21.2 Å². The first-order valence-electron chi connectivity index (χ1n) is 15.6. The zero-order valence-electron chi connectivity index (χ0n) is 26.0. The molecule has 2 N–H and O–H groups in total. The molecular formula is C35H38BrN3O7. The third kappa shape index (κ3) is 5.38. The van der Waals surface area contributed by atoms with Crippen LogP contribution in [0, 0.1) is 25.7 Å². The van der Waals surface area contributed by atoms with Gasteiger partial charge in [0.2, 0.25) is 11.8 Å². The molecule has 10 nitrogen and oxygen atoms in total. The SMILES string of the molecule is Cc1cccc(C)c1N1C/C=C\CCC(=O)NC[C@@H](c2ccccc2)OC(=O)[C@@H]2[C@H]3O[C@@]4(C=C3Br)[C@H](C1=O)N([C@H](C)CO)C(=O)[C@@H]24. The lowest BCUT2D eigenvalue weighted by Gasteiger charge is -2.38. The molecule has 0 unspecified atom stereocenters. The Morgan fingerprint density at radius 3 is 2.43 bits per heavy atom. The molecule has 2 saturated heterocycles. The zero-order chi connectivity index (χ0) is 32.7. The maximum absolute atomic E-state index is 15.0. The number of anilines is 1. The minimum Gasteiger partial charge on any atom is -0.455 e. The van der Waals surface area contributed by atoms with Crippen LogP contribution in [0.25, 0.3) is 0 Å². The second kappa shape index (κ2) is 12.8. The summed E-state index contributed by atoms with van der Waals surface area (Å²) in [5.41, 5.74) is 1.65. The summed E-state index contributed by atoms with van der Waals surface area (Å²) in [6.07, 6.45) is 4.44. The molecule has 7 atom stereocenters. The van der Waals surface area contributed by atoms with Crippen molar-refractivity contribution in [3.8, 4) is 0 Å². The summed E-state index contributed by atoms with van der Waals surface area (Å²) in [5.74, 6) is -3.85. The van der Waals surface area contributed by atoms with E-state index in [0.717, 1.165) is 11.1 Å². The first-order valence-corrected chi connectivity index (χ1v) is 16.4. The molecule has 1 spiro atoms. The lowest BCUT2D eigenvalue weighted by molar-refractivity contribution is -0.160. The fraction of sp³-hybridized carbons (Fsp3) is 0.429. The Morgan fingerprint density at radius 1 is 1.02 bits per heavy atom. The van der Waals surface area contributed by atoms with E-state index in [9.17, 15) is 24.3 Å². The highest BCUT2D eigenvalue weighted by Crippen LogP contribution is 2.59. The van der Waals surface area contributed by atoms with Crippen molar-refractivity contribution >= 4 is 45.3 Å². The molecule has 2 fully saturated rings. The van der Waals surface area contributed by atoms with Crippen LogP contribution in [0.15, 0.2) is 71.2 Å². The molecule has 242 valence electrons. The predicted octanol–water partition coefficient (Wildman–Crippen LogP) is 3.64. The summed E-state index contributed by atoms with van der Waals surface area (Å²) < 4.78 is 13.2. The Kier molecular flexibility index (Phi) is 8.93. The molecule has 6 rings (SSSR count). The highest BCUT2D eigenvalue weighted by Gasteiger charge is 2.75. The van der Waals surface area contributed by atoms with Crippen molar-refractivity contribution in [1.29, 1.82) is 0 Å². The van der Waals surface area contributed by atoms with Gasteiger partial charge in [-0.3, -0.25) is 19.2 Å². The van der Waals surface area contributed by atoms with Gasteiger partial charge in [0.05, 0.1) is 25.1 Å². The number of amides is 3. The molecule has 5 bridgehead atoms. The first kappa shape index (κ1) is 32.2. The van der Waals surface area contributed by atoms with Gasteiger partial charge in [0.25, 0.3) is 5.91 Å². The Morgan fingerprint density at radius 2 is 1.74 bits per heavy atom. The number of carbonyl (C=O) groups is 4. The van der Waals surface area contributed by atoms with Crippen molar-refractivity contribution < 1.29 is 33.8 Å². The number of rotatable bonds is 4. The molecule has 3 amide bonds. The smallest absolute Gasteiger partial charge is 0.313 e. The molecule has 2 aromatic carbocycles. The lowest BCUT2D eigenvalue weighted by atomic mass is 9.74. The van der Waals surface area contributed by atoms with Gasteiger partial charge in [-0.25, -0.2) is 0 Å². The minimum absolute atomic E-state index is 0.0480. The van der Waals surface area contributed by atoms with E-state index in [1.165, 1.54) is 4.90 Å². The van der Waals surface area contributed by atoms with Crippen molar-refractivity contribution in [3.05, 3.63) is 87.9 Å². The second-order valence-corrected chi connectivity index (χ2v) is 13.4. The number of carbonyl (C=O) groups excluding carboxylic acids is 4. The van der Waals surface area contributed by atoms with Crippen LogP contribution in [0.3, 0.4) is 0 Å². The number of cyclic esters (lactones) is 1. The van der Waals surface area contributed by atoms with Crippen molar-refractivity contribution in [2.24, 2.45) is 11.8 Å². The van der Waals surface area contributed by atoms with E-state index in [4.69, 9.17) is 9.47 Å². The number of hydrogen-bond acceptors (Lipinski definition) is 7. The number of aliphatic hydroxyl groups excluding tert-OH is 1. The highest BCUT2D eigenvalue weighted by atomic mass is 79.9. The lowest BCUT2D eigenvalue weighted by Crippen LogP contribution is -2.58. The number of aryl methyl sites for hydroxylation is 2. The van der Waals surface area contributed by atoms with Crippen LogP contribution in [-0.2, 0) is 28.7 Å². The van der Waals surface area contributed by atoms with Crippen molar-refractivity contribution in [1.82, 2.24) is 10.2 Å². The minimum atomic E-state index is -1.48. The molecule has 4 aliphatic heterocycles. The predicted molar refractivity (Wildman–Crippen MR) is 174 cm³/mol. The molecule has 4 heterocycles. The molecule has 0 aromatic heterocycles. The van der Waals surface area contributed by atoms with Crippen molar-refractivity contribution in [2.45, 2.75) is 63.5 Å². The molecule has 0 aliphatic carbocycles. The topological polar surface area (TPSA) is 125 Å². The number of esters is 1. The van der Waals surface area contributed by atoms with Crippen LogP contribution in [0.5, 0.6) is 0 Å². The van der Waals surface area contributed by atoms with Gasteiger partial charge in [0, 0.05) is 23.1 Å². The van der Waals surface area contributed by atoms with E-state index in [0.29, 0.717) is 22.2 Å². The number of nitrogens with one attached hydrogen (secondary N) is 1. The fourth-order valence-corrected chi connectivity index (χ4v) is 8.10. The molecule has 2 aromatic rings. The third-order valence-electron chi connectivity index (χ3n) is 9.49. The monoisotopic (exact) mass is 691 g/mol. The zero-order valence-corrected chi connectivity index (χ0v) is 27.6. The fourth-order valence-electron chi connectivity index (χ4n) is 7.36. The number of ether oxygens (including phenoxy) is 2. The molecular weight excluding hydrogens is 654 g/mol. The first-order chi connectivity index (χ1) is 22.1. The molecule has 0 radical (unpaired) electrons. The molecule has 0 saturated carbocycles. The number of para-hydroxylation sites is 1. The normalized spacial score (nSPS) is 31.3. The largest absolute Gasteiger partial charge is 0.455 e. The van der Waals surface area contributed by atoms with E-state index < -0.39 is 59.5 Å². The van der Waals surface area contributed by atoms with Crippen LogP contribution < -0.4 is 10.2 Å². The van der Waals surface area contributed by atoms with Crippen LogP contribution in [-0.4, -0.2) is 77.2 Å². The van der Waals surface area contributed by atoms with Gasteiger partial charge >= 0.3 is 5.97 Å². The maximum Gasteiger partial charge on any atom is 0.313 e. The summed E-state index contributed by atoms with van der Waals surface area (Å²) in [4.78, 5) is 59.4. The van der Waals surface area contributed by atoms with Crippen LogP contribution in [0.4, 0.5) is 5.69 Å². The number of likely N-dealkylation sites (tertiary alicyclic amines) is 1. The number of allylic oxidation sites excluding steroid dienone is 1. The summed E-state index contributed by atoms with van der Waals surface area (Å²) in [7, 11) is 0. The Labute approximate surface area is 276 Å². The van der Waals surface area contributed by atoms with Gasteiger partial charge in [-0.1, -0.05) is 76.6 Å². The summed E-state index contributed by atoms with van der Waals surface area (Å²) in [5, 5.41) is 13.2. The number of aliphatic hydroxyl groups is 1.